The van der Waals surface area contributed by atoms with E-state index in [0.29, 0.717) is 40.3 Å². The van der Waals surface area contributed by atoms with Crippen LogP contribution in [0.25, 0.3) is 6.08 Å². The summed E-state index contributed by atoms with van der Waals surface area (Å²) in [6.45, 7) is 17.2. The molecular formula is C37H54O4. The van der Waals surface area contributed by atoms with E-state index in [1.807, 2.05) is 0 Å². The molecule has 4 heteroatoms. The molecule has 4 aliphatic carbocycles. The summed E-state index contributed by atoms with van der Waals surface area (Å²) >= 11 is 0. The molecule has 4 fully saturated rings. The molecule has 1 aromatic carbocycles. The zero-order valence-electron chi connectivity index (χ0n) is 26.8. The number of rotatable bonds is 6. The lowest BCUT2D eigenvalue weighted by Gasteiger charge is -2.63. The number of hydrogen-bond donors (Lipinski definition) is 1. The van der Waals surface area contributed by atoms with Gasteiger partial charge in [0.2, 0.25) is 0 Å². The lowest BCUT2D eigenvalue weighted by molar-refractivity contribution is -0.171. The SMILES string of the molecule is COc1cc(/C=C\C(=O)OC2CCC3C4CCC5(C)C(C(C)C=C(C)C)CCC5(C)C4CC(C)C3C2C)ccc1O. The highest BCUT2D eigenvalue weighted by Gasteiger charge is 2.65. The van der Waals surface area contributed by atoms with E-state index in [1.54, 1.807) is 24.3 Å². The average molecular weight is 563 g/mol. The number of phenols is 1. The lowest BCUT2D eigenvalue weighted by Crippen LogP contribution is -2.57. The minimum absolute atomic E-state index is 0.0213. The van der Waals surface area contributed by atoms with Gasteiger partial charge in [-0.3, -0.25) is 0 Å². The monoisotopic (exact) mass is 562 g/mol. The van der Waals surface area contributed by atoms with Crippen molar-refractivity contribution in [3.05, 3.63) is 41.5 Å². The molecule has 5 rings (SSSR count). The van der Waals surface area contributed by atoms with Gasteiger partial charge in [-0.05, 0) is 141 Å². The summed E-state index contributed by atoms with van der Waals surface area (Å²) in [4.78, 5) is 12.9. The first kappa shape index (κ1) is 30.2. The molecule has 11 atom stereocenters. The van der Waals surface area contributed by atoms with Crippen molar-refractivity contribution in [2.45, 2.75) is 99.5 Å². The lowest BCUT2D eigenvalue weighted by atomic mass is 9.41. The molecule has 0 bridgehead atoms. The van der Waals surface area contributed by atoms with Gasteiger partial charge in [0, 0.05) is 6.08 Å². The Morgan fingerprint density at radius 3 is 2.49 bits per heavy atom. The average Bonchev–Trinajstić information content (AvgIpc) is 3.20. The van der Waals surface area contributed by atoms with Crippen LogP contribution in [0.4, 0.5) is 0 Å². The van der Waals surface area contributed by atoms with Crippen LogP contribution in [0.15, 0.2) is 35.9 Å². The molecule has 0 heterocycles. The Morgan fingerprint density at radius 2 is 1.78 bits per heavy atom. The van der Waals surface area contributed by atoms with Crippen LogP contribution >= 0.6 is 0 Å². The summed E-state index contributed by atoms with van der Waals surface area (Å²) in [6.07, 6.45) is 14.8. The molecule has 0 amide bonds. The van der Waals surface area contributed by atoms with Crippen LogP contribution in [-0.2, 0) is 9.53 Å². The van der Waals surface area contributed by atoms with E-state index in [1.165, 1.54) is 57.3 Å². The standard InChI is InChI=1S/C37H54O4/c1-22(2)19-23(3)29-16-18-37(7)30-20-24(4)35-25(5)32(13-11-28(35)27(30)15-17-36(29,37)6)41-34(39)14-10-26-9-12-31(38)33(21-26)40-8/h9-10,12,14,19,21,23-25,27-30,32,35,38H,11,13,15-18,20H2,1-8H3/b14-10-. The first-order chi connectivity index (χ1) is 19.4. The van der Waals surface area contributed by atoms with Crippen molar-refractivity contribution in [1.82, 2.24) is 0 Å². The van der Waals surface area contributed by atoms with Crippen LogP contribution < -0.4 is 4.74 Å². The predicted octanol–water partition coefficient (Wildman–Crippen LogP) is 9.08. The fraction of sp³-hybridized carbons (Fsp3) is 0.703. The van der Waals surface area contributed by atoms with Crippen molar-refractivity contribution in [2.75, 3.05) is 7.11 Å². The highest BCUT2D eigenvalue weighted by Crippen LogP contribution is 2.72. The fourth-order valence-electron chi connectivity index (χ4n) is 10.9. The van der Waals surface area contributed by atoms with E-state index in [4.69, 9.17) is 9.47 Å². The van der Waals surface area contributed by atoms with Gasteiger partial charge in [0.25, 0.3) is 0 Å². The Bertz CT molecular complexity index is 1180. The van der Waals surface area contributed by atoms with E-state index in [2.05, 4.69) is 54.5 Å². The van der Waals surface area contributed by atoms with Gasteiger partial charge < -0.3 is 14.6 Å². The van der Waals surface area contributed by atoms with Crippen molar-refractivity contribution in [3.8, 4) is 11.5 Å². The van der Waals surface area contributed by atoms with Gasteiger partial charge in [-0.2, -0.15) is 0 Å². The van der Waals surface area contributed by atoms with Crippen molar-refractivity contribution >= 4 is 12.0 Å². The van der Waals surface area contributed by atoms with Crippen molar-refractivity contribution in [2.24, 2.45) is 58.2 Å². The maximum absolute atomic E-state index is 12.9. The number of ether oxygens (including phenoxy) is 2. The molecule has 4 aliphatic rings. The van der Waals surface area contributed by atoms with Crippen molar-refractivity contribution in [3.63, 3.8) is 0 Å². The number of methoxy groups -OCH3 is 1. The highest BCUT2D eigenvalue weighted by molar-refractivity contribution is 5.87. The predicted molar refractivity (Wildman–Crippen MR) is 166 cm³/mol. The van der Waals surface area contributed by atoms with E-state index in [0.717, 1.165) is 35.7 Å². The molecule has 1 N–H and O–H groups in total. The minimum Gasteiger partial charge on any atom is -0.504 e. The van der Waals surface area contributed by atoms with Gasteiger partial charge in [-0.15, -0.1) is 0 Å². The molecule has 0 saturated heterocycles. The number of carbonyl (C=O) groups is 1. The van der Waals surface area contributed by atoms with Crippen LogP contribution in [0, 0.1) is 58.2 Å². The number of fused-ring (bicyclic) bond motifs is 5. The Kier molecular flexibility index (Phi) is 8.45. The van der Waals surface area contributed by atoms with E-state index >= 15 is 0 Å². The van der Waals surface area contributed by atoms with Gasteiger partial charge in [-0.1, -0.05) is 52.3 Å². The second kappa shape index (κ2) is 11.5. The number of hydrogen-bond acceptors (Lipinski definition) is 4. The maximum atomic E-state index is 12.9. The van der Waals surface area contributed by atoms with Gasteiger partial charge >= 0.3 is 5.97 Å². The topological polar surface area (TPSA) is 55.8 Å². The van der Waals surface area contributed by atoms with Gasteiger partial charge in [0.05, 0.1) is 7.11 Å². The Balaban J connectivity index is 1.27. The van der Waals surface area contributed by atoms with Crippen molar-refractivity contribution in [1.29, 1.82) is 0 Å². The third kappa shape index (κ3) is 5.27. The number of phenolic OH excluding ortho intramolecular Hbond substituents is 1. The number of aromatic hydroxyl groups is 1. The van der Waals surface area contributed by atoms with Crippen LogP contribution in [-0.4, -0.2) is 24.3 Å². The zero-order valence-corrected chi connectivity index (χ0v) is 26.8. The summed E-state index contributed by atoms with van der Waals surface area (Å²) in [5.74, 6) is 5.71. The number of carbonyl (C=O) groups excluding carboxylic acids is 1. The van der Waals surface area contributed by atoms with Gasteiger partial charge in [0.15, 0.2) is 11.5 Å². The first-order valence-corrected chi connectivity index (χ1v) is 16.3. The van der Waals surface area contributed by atoms with Crippen LogP contribution in [0.1, 0.15) is 99.0 Å². The highest BCUT2D eigenvalue weighted by atomic mass is 16.5. The van der Waals surface area contributed by atoms with Crippen LogP contribution in [0.2, 0.25) is 0 Å². The molecule has 41 heavy (non-hydrogen) atoms. The summed E-state index contributed by atoms with van der Waals surface area (Å²) in [5, 5.41) is 9.84. The second-order valence-electron chi connectivity index (χ2n) is 15.0. The van der Waals surface area contributed by atoms with Crippen molar-refractivity contribution < 1.29 is 19.4 Å². The molecular weight excluding hydrogens is 508 g/mol. The number of benzene rings is 1. The van der Waals surface area contributed by atoms with Gasteiger partial charge in [-0.25, -0.2) is 4.79 Å². The number of esters is 1. The Hall–Kier alpha value is -2.23. The molecule has 0 spiro atoms. The second-order valence-corrected chi connectivity index (χ2v) is 15.0. The van der Waals surface area contributed by atoms with E-state index < -0.39 is 0 Å². The minimum atomic E-state index is -0.280. The third-order valence-corrected chi connectivity index (χ3v) is 12.8. The summed E-state index contributed by atoms with van der Waals surface area (Å²) < 4.78 is 11.3. The first-order valence-electron chi connectivity index (χ1n) is 16.3. The Morgan fingerprint density at radius 1 is 1.05 bits per heavy atom. The maximum Gasteiger partial charge on any atom is 0.331 e. The molecule has 0 aliphatic heterocycles. The molecule has 226 valence electrons. The molecule has 11 unspecified atom stereocenters. The summed E-state index contributed by atoms with van der Waals surface area (Å²) in [5.41, 5.74) is 3.11. The van der Waals surface area contributed by atoms with Crippen LogP contribution in [0.3, 0.4) is 0 Å². The van der Waals surface area contributed by atoms with E-state index in [-0.39, 0.29) is 17.8 Å². The van der Waals surface area contributed by atoms with Crippen LogP contribution in [0.5, 0.6) is 11.5 Å². The summed E-state index contributed by atoms with van der Waals surface area (Å²) in [6, 6.07) is 5.06. The molecule has 0 radical (unpaired) electrons. The normalized spacial score (nSPS) is 40.7. The molecule has 4 saturated carbocycles. The third-order valence-electron chi connectivity index (χ3n) is 12.8. The Labute approximate surface area is 249 Å². The fourth-order valence-corrected chi connectivity index (χ4v) is 10.9. The van der Waals surface area contributed by atoms with E-state index in [9.17, 15) is 9.90 Å². The quantitative estimate of drug-likeness (QED) is 0.213. The molecule has 4 nitrogen and oxygen atoms in total. The van der Waals surface area contributed by atoms with Gasteiger partial charge in [0.1, 0.15) is 6.10 Å². The zero-order chi connectivity index (χ0) is 29.7. The smallest absolute Gasteiger partial charge is 0.331 e. The molecule has 1 aromatic rings. The summed E-state index contributed by atoms with van der Waals surface area (Å²) in [7, 11) is 1.52. The number of allylic oxidation sites excluding steroid dienone is 2. The molecule has 0 aromatic heterocycles. The largest absolute Gasteiger partial charge is 0.504 e.